The first-order valence-corrected chi connectivity index (χ1v) is 10.7. The fraction of sp³-hybridized carbons (Fsp3) is 0.208. The molecule has 0 radical (unpaired) electrons. The van der Waals surface area contributed by atoms with Gasteiger partial charge in [-0.15, -0.1) is 11.3 Å². The predicted octanol–water partition coefficient (Wildman–Crippen LogP) is 7.49. The third-order valence-electron chi connectivity index (χ3n) is 5.11. The zero-order valence-electron chi connectivity index (χ0n) is 15.5. The molecule has 1 fully saturated rings. The molecule has 0 atom stereocenters. The molecule has 5 heteroatoms. The number of nitrogens with zero attached hydrogens (tertiary/aromatic N) is 1. The molecule has 1 aromatic heterocycles. The van der Waals surface area contributed by atoms with E-state index in [2.05, 4.69) is 40.3 Å². The van der Waals surface area contributed by atoms with Gasteiger partial charge in [0.15, 0.2) is 0 Å². The number of hydrogen-bond donors (Lipinski definition) is 0. The van der Waals surface area contributed by atoms with Gasteiger partial charge in [-0.3, -0.25) is 0 Å². The molecule has 1 saturated carbocycles. The largest absolute Gasteiger partial charge is 0.206 e. The minimum absolute atomic E-state index is 0.0593. The first kappa shape index (κ1) is 19.7. The number of aliphatic imine (C=N–C) groups is 1. The van der Waals surface area contributed by atoms with E-state index in [0.717, 1.165) is 10.9 Å². The van der Waals surface area contributed by atoms with E-state index in [1.165, 1.54) is 36.6 Å². The summed E-state index contributed by atoms with van der Waals surface area (Å²) in [6, 6.07) is 13.1. The van der Waals surface area contributed by atoms with Crippen molar-refractivity contribution in [1.29, 1.82) is 0 Å². The van der Waals surface area contributed by atoms with Crippen LogP contribution in [0.15, 0.2) is 53.5 Å². The molecule has 1 aliphatic rings. The first-order chi connectivity index (χ1) is 14.1. The van der Waals surface area contributed by atoms with Gasteiger partial charge in [-0.1, -0.05) is 36.8 Å². The molecular weight excluding hydrogens is 404 g/mol. The minimum atomic E-state index is -0.539. The Morgan fingerprint density at radius 1 is 0.931 bits per heavy atom. The second-order valence-electron chi connectivity index (χ2n) is 7.00. The van der Waals surface area contributed by atoms with Gasteiger partial charge in [-0.05, 0) is 72.9 Å². The van der Waals surface area contributed by atoms with Crippen molar-refractivity contribution >= 4 is 34.4 Å². The normalized spacial score (nSPS) is 13.6. The van der Waals surface area contributed by atoms with Crippen LogP contribution < -0.4 is 0 Å². The van der Waals surface area contributed by atoms with Crippen LogP contribution >= 0.6 is 23.6 Å². The highest BCUT2D eigenvalue weighted by Gasteiger charge is 2.18. The van der Waals surface area contributed by atoms with E-state index in [9.17, 15) is 8.78 Å². The maximum Gasteiger partial charge on any atom is 0.139 e. The molecule has 0 amide bonds. The number of thiocarbonyl (C=S) groups is 1. The van der Waals surface area contributed by atoms with Crippen LogP contribution in [0.3, 0.4) is 0 Å². The fourth-order valence-corrected chi connectivity index (χ4v) is 4.75. The lowest BCUT2D eigenvalue weighted by Gasteiger charge is -2.05. The number of halogens is 2. The summed E-state index contributed by atoms with van der Waals surface area (Å²) in [5.41, 5.74) is 1.42. The summed E-state index contributed by atoms with van der Waals surface area (Å²) in [5, 5.41) is 2.28. The van der Waals surface area contributed by atoms with Crippen LogP contribution in [0.1, 0.15) is 46.9 Å². The van der Waals surface area contributed by atoms with E-state index in [0.29, 0.717) is 17.2 Å². The van der Waals surface area contributed by atoms with Crippen LogP contribution in [0.5, 0.6) is 0 Å². The third kappa shape index (κ3) is 4.52. The summed E-state index contributed by atoms with van der Waals surface area (Å²) in [6.45, 7) is 0. The molecule has 1 aliphatic carbocycles. The van der Waals surface area contributed by atoms with Gasteiger partial charge in [0, 0.05) is 10.4 Å². The van der Waals surface area contributed by atoms with Crippen molar-refractivity contribution < 1.29 is 8.78 Å². The van der Waals surface area contributed by atoms with E-state index in [4.69, 9.17) is 0 Å². The van der Waals surface area contributed by atoms with Crippen molar-refractivity contribution in [3.05, 3.63) is 75.5 Å². The summed E-state index contributed by atoms with van der Waals surface area (Å²) in [5.74, 6) is 5.35. The predicted molar refractivity (Wildman–Crippen MR) is 118 cm³/mol. The van der Waals surface area contributed by atoms with E-state index >= 15 is 0 Å². The number of rotatable bonds is 3. The van der Waals surface area contributed by atoms with Crippen molar-refractivity contribution in [3.63, 3.8) is 0 Å². The molecule has 0 spiro atoms. The zero-order valence-corrected chi connectivity index (χ0v) is 17.2. The SMILES string of the molecule is Fc1cc(-c2ccc(N=C=S)cc2)c(F)cc1C#Cc1ccc(C2CCCC2)s1. The van der Waals surface area contributed by atoms with Gasteiger partial charge in [0.05, 0.1) is 21.3 Å². The second kappa shape index (κ2) is 8.80. The summed E-state index contributed by atoms with van der Waals surface area (Å²) >= 11 is 6.22. The Balaban J connectivity index is 1.58. The van der Waals surface area contributed by atoms with Gasteiger partial charge in [0.25, 0.3) is 0 Å². The zero-order chi connectivity index (χ0) is 20.2. The van der Waals surface area contributed by atoms with Gasteiger partial charge in [0.2, 0.25) is 0 Å². The first-order valence-electron chi connectivity index (χ1n) is 9.43. The van der Waals surface area contributed by atoms with Gasteiger partial charge >= 0.3 is 0 Å². The van der Waals surface area contributed by atoms with Gasteiger partial charge in [-0.2, -0.15) is 4.99 Å². The quantitative estimate of drug-likeness (QED) is 0.242. The molecule has 2 aromatic carbocycles. The van der Waals surface area contributed by atoms with Crippen LogP contribution in [0.4, 0.5) is 14.5 Å². The standard InChI is InChI=1S/C24H17F2NS2/c25-22-14-21(16-5-8-19(9-6-16)27-15-28)23(26)13-18(22)7-10-20-11-12-24(29-20)17-3-1-2-4-17/h5-6,8-9,11-14,17H,1-4H2. The van der Waals surface area contributed by atoms with Gasteiger partial charge in [-0.25, -0.2) is 8.78 Å². The lowest BCUT2D eigenvalue weighted by molar-refractivity contribution is 0.600. The average molecular weight is 422 g/mol. The molecule has 144 valence electrons. The molecule has 0 aliphatic heterocycles. The molecule has 3 aromatic rings. The molecule has 0 bridgehead atoms. The molecule has 0 unspecified atom stereocenters. The minimum Gasteiger partial charge on any atom is -0.206 e. The third-order valence-corrected chi connectivity index (χ3v) is 6.37. The fourth-order valence-electron chi connectivity index (χ4n) is 3.61. The van der Waals surface area contributed by atoms with Crippen LogP contribution in [0.25, 0.3) is 11.1 Å². The van der Waals surface area contributed by atoms with Gasteiger partial charge in [0.1, 0.15) is 11.6 Å². The second-order valence-corrected chi connectivity index (χ2v) is 8.29. The number of benzene rings is 2. The molecule has 1 nitrogen and oxygen atoms in total. The summed E-state index contributed by atoms with van der Waals surface area (Å²) < 4.78 is 29.2. The van der Waals surface area contributed by atoms with E-state index < -0.39 is 11.6 Å². The highest BCUT2D eigenvalue weighted by atomic mass is 32.1. The Hall–Kier alpha value is -2.64. The Kier molecular flexibility index (Phi) is 5.97. The highest BCUT2D eigenvalue weighted by Crippen LogP contribution is 2.37. The topological polar surface area (TPSA) is 12.4 Å². The molecular formula is C24H17F2NS2. The molecule has 0 N–H and O–H groups in total. The van der Waals surface area contributed by atoms with Crippen LogP contribution in [0, 0.1) is 23.5 Å². The maximum absolute atomic E-state index is 14.6. The average Bonchev–Trinajstić information content (AvgIpc) is 3.41. The monoisotopic (exact) mass is 421 g/mol. The molecule has 0 saturated heterocycles. The van der Waals surface area contributed by atoms with Crippen molar-refractivity contribution in [3.8, 4) is 23.0 Å². The van der Waals surface area contributed by atoms with E-state index in [1.807, 2.05) is 6.07 Å². The summed E-state index contributed by atoms with van der Waals surface area (Å²) in [4.78, 5) is 6.08. The highest BCUT2D eigenvalue weighted by molar-refractivity contribution is 7.78. The van der Waals surface area contributed by atoms with Crippen LogP contribution in [-0.2, 0) is 0 Å². The molecule has 29 heavy (non-hydrogen) atoms. The maximum atomic E-state index is 14.6. The van der Waals surface area contributed by atoms with Gasteiger partial charge < -0.3 is 0 Å². The smallest absolute Gasteiger partial charge is 0.139 e. The van der Waals surface area contributed by atoms with E-state index in [-0.39, 0.29) is 11.1 Å². The lowest BCUT2D eigenvalue weighted by atomic mass is 10.0. The molecule has 4 rings (SSSR count). The van der Waals surface area contributed by atoms with E-state index in [1.54, 1.807) is 35.6 Å². The van der Waals surface area contributed by atoms with Crippen molar-refractivity contribution in [1.82, 2.24) is 0 Å². The van der Waals surface area contributed by atoms with Crippen LogP contribution in [-0.4, -0.2) is 5.16 Å². The van der Waals surface area contributed by atoms with Crippen molar-refractivity contribution in [2.24, 2.45) is 4.99 Å². The summed E-state index contributed by atoms with van der Waals surface area (Å²) in [6.07, 6.45) is 5.02. The van der Waals surface area contributed by atoms with Crippen molar-refractivity contribution in [2.75, 3.05) is 0 Å². The number of thiophene rings is 1. The molecule has 1 heterocycles. The Labute approximate surface area is 178 Å². The summed E-state index contributed by atoms with van der Waals surface area (Å²) in [7, 11) is 0. The Morgan fingerprint density at radius 3 is 2.41 bits per heavy atom. The number of isothiocyanates is 1. The Morgan fingerprint density at radius 2 is 1.69 bits per heavy atom. The van der Waals surface area contributed by atoms with Crippen molar-refractivity contribution in [2.45, 2.75) is 31.6 Å². The number of hydrogen-bond acceptors (Lipinski definition) is 3. The van der Waals surface area contributed by atoms with Crippen LogP contribution in [0.2, 0.25) is 0 Å². The Bertz CT molecular complexity index is 1140. The lowest BCUT2D eigenvalue weighted by Crippen LogP contribution is -1.91.